The highest BCUT2D eigenvalue weighted by atomic mass is 16.5. The maximum atomic E-state index is 12.2. The van der Waals surface area contributed by atoms with Crippen LogP contribution in [0.25, 0.3) is 11.3 Å². The van der Waals surface area contributed by atoms with Crippen LogP contribution in [-0.4, -0.2) is 41.7 Å². The number of carbonyl (C=O) groups is 1. The van der Waals surface area contributed by atoms with Gasteiger partial charge in [0.1, 0.15) is 5.82 Å². The maximum Gasteiger partial charge on any atom is 0.226 e. The molecule has 23 heavy (non-hydrogen) atoms. The van der Waals surface area contributed by atoms with E-state index >= 15 is 0 Å². The van der Waals surface area contributed by atoms with Crippen molar-refractivity contribution in [2.24, 2.45) is 0 Å². The molecular formula is C17H20N4O2. The molecule has 0 spiro atoms. The van der Waals surface area contributed by atoms with Crippen LogP contribution in [0, 0.1) is 6.92 Å². The normalized spacial score (nSPS) is 17.7. The van der Waals surface area contributed by atoms with Crippen LogP contribution in [-0.2, 0) is 9.53 Å². The predicted octanol–water partition coefficient (Wildman–Crippen LogP) is 1.77. The highest BCUT2D eigenvalue weighted by Crippen LogP contribution is 2.20. The number of rotatable bonds is 4. The Bertz CT molecular complexity index is 684. The lowest BCUT2D eigenvalue weighted by Crippen LogP contribution is -2.43. The molecule has 0 aliphatic carbocycles. The van der Waals surface area contributed by atoms with Gasteiger partial charge < -0.3 is 15.4 Å². The van der Waals surface area contributed by atoms with Crippen molar-refractivity contribution in [1.82, 2.24) is 15.3 Å². The maximum absolute atomic E-state index is 12.2. The second-order valence-electron chi connectivity index (χ2n) is 5.55. The van der Waals surface area contributed by atoms with Crippen LogP contribution in [0.2, 0.25) is 0 Å². The summed E-state index contributed by atoms with van der Waals surface area (Å²) in [4.78, 5) is 20.7. The molecule has 2 heterocycles. The molecule has 1 amide bonds. The van der Waals surface area contributed by atoms with E-state index in [-0.39, 0.29) is 11.9 Å². The molecule has 6 heteroatoms. The molecule has 1 aliphatic heterocycles. The number of anilines is 1. The summed E-state index contributed by atoms with van der Waals surface area (Å²) in [6.07, 6.45) is 2.13. The molecule has 6 nitrogen and oxygen atoms in total. The van der Waals surface area contributed by atoms with Gasteiger partial charge in [0.05, 0.1) is 18.9 Å². The summed E-state index contributed by atoms with van der Waals surface area (Å²) in [5.74, 6) is 0.698. The molecule has 0 saturated carbocycles. The highest BCUT2D eigenvalue weighted by Gasteiger charge is 2.17. The number of carbonyl (C=O) groups excluding carboxylic acids is 1. The largest absolute Gasteiger partial charge is 0.378 e. The van der Waals surface area contributed by atoms with Gasteiger partial charge in [-0.05, 0) is 25.1 Å². The molecule has 1 fully saturated rings. The quantitative estimate of drug-likeness (QED) is 0.900. The van der Waals surface area contributed by atoms with Crippen molar-refractivity contribution in [1.29, 1.82) is 0 Å². The number of aryl methyl sites for hydroxylation is 1. The molecule has 2 N–H and O–H groups in total. The number of hydrogen-bond donors (Lipinski definition) is 2. The Kier molecular flexibility index (Phi) is 4.95. The van der Waals surface area contributed by atoms with Crippen molar-refractivity contribution < 1.29 is 9.53 Å². The summed E-state index contributed by atoms with van der Waals surface area (Å²) in [7, 11) is 0. The lowest BCUT2D eigenvalue weighted by Gasteiger charge is -2.23. The standard InChI is InChI=1S/C17H20N4O2/c1-12-18-6-5-16(20-12)13-3-2-4-14(9-13)21-17(22)10-15-11-23-8-7-19-15/h2-6,9,15,19H,7-8,10-11H2,1H3,(H,21,22). The first-order chi connectivity index (χ1) is 11.2. The van der Waals surface area contributed by atoms with Crippen molar-refractivity contribution in [2.75, 3.05) is 25.1 Å². The summed E-state index contributed by atoms with van der Waals surface area (Å²) in [6.45, 7) is 3.93. The minimum Gasteiger partial charge on any atom is -0.378 e. The smallest absolute Gasteiger partial charge is 0.226 e. The van der Waals surface area contributed by atoms with Gasteiger partial charge in [-0.15, -0.1) is 0 Å². The average molecular weight is 312 g/mol. The number of morpholine rings is 1. The van der Waals surface area contributed by atoms with E-state index in [9.17, 15) is 4.79 Å². The van der Waals surface area contributed by atoms with Crippen molar-refractivity contribution in [3.05, 3.63) is 42.4 Å². The van der Waals surface area contributed by atoms with Gasteiger partial charge in [0.25, 0.3) is 0 Å². The molecule has 1 aromatic heterocycles. The fourth-order valence-electron chi connectivity index (χ4n) is 2.56. The Labute approximate surface area is 135 Å². The van der Waals surface area contributed by atoms with E-state index < -0.39 is 0 Å². The summed E-state index contributed by atoms with van der Waals surface area (Å²) in [6, 6.07) is 9.61. The Morgan fingerprint density at radius 1 is 1.43 bits per heavy atom. The van der Waals surface area contributed by atoms with Gasteiger partial charge >= 0.3 is 0 Å². The third-order valence-electron chi connectivity index (χ3n) is 3.65. The van der Waals surface area contributed by atoms with E-state index in [1.807, 2.05) is 37.3 Å². The third-order valence-corrected chi connectivity index (χ3v) is 3.65. The first-order valence-corrected chi connectivity index (χ1v) is 7.72. The number of aromatic nitrogens is 2. The molecule has 1 saturated heterocycles. The number of nitrogens with zero attached hydrogens (tertiary/aromatic N) is 2. The van der Waals surface area contributed by atoms with E-state index in [0.29, 0.717) is 19.6 Å². The fraction of sp³-hybridized carbons (Fsp3) is 0.353. The zero-order chi connectivity index (χ0) is 16.1. The van der Waals surface area contributed by atoms with Gasteiger partial charge in [0, 0.05) is 36.5 Å². The van der Waals surface area contributed by atoms with E-state index in [2.05, 4.69) is 20.6 Å². The van der Waals surface area contributed by atoms with Gasteiger partial charge in [-0.1, -0.05) is 12.1 Å². The summed E-state index contributed by atoms with van der Waals surface area (Å²) in [5, 5.41) is 6.21. The van der Waals surface area contributed by atoms with Gasteiger partial charge in [0.15, 0.2) is 0 Å². The summed E-state index contributed by atoms with van der Waals surface area (Å²) >= 11 is 0. The van der Waals surface area contributed by atoms with Crippen LogP contribution in [0.15, 0.2) is 36.5 Å². The SMILES string of the molecule is Cc1nccc(-c2cccc(NC(=O)CC3COCCN3)c2)n1. The lowest BCUT2D eigenvalue weighted by molar-refractivity contribution is -0.117. The molecule has 0 radical (unpaired) electrons. The van der Waals surface area contributed by atoms with Crippen molar-refractivity contribution in [3.63, 3.8) is 0 Å². The summed E-state index contributed by atoms with van der Waals surface area (Å²) < 4.78 is 5.36. The molecule has 0 bridgehead atoms. The number of nitrogens with one attached hydrogen (secondary N) is 2. The molecule has 1 aromatic carbocycles. The Hall–Kier alpha value is -2.31. The van der Waals surface area contributed by atoms with Crippen molar-refractivity contribution >= 4 is 11.6 Å². The molecule has 3 rings (SSSR count). The van der Waals surface area contributed by atoms with Gasteiger partial charge in [0.2, 0.25) is 5.91 Å². The first-order valence-electron chi connectivity index (χ1n) is 7.72. The summed E-state index contributed by atoms with van der Waals surface area (Å²) in [5.41, 5.74) is 2.56. The Balaban J connectivity index is 1.66. The number of benzene rings is 1. The Morgan fingerprint density at radius 3 is 3.13 bits per heavy atom. The second-order valence-corrected chi connectivity index (χ2v) is 5.55. The van der Waals surface area contributed by atoms with Crippen LogP contribution in [0.4, 0.5) is 5.69 Å². The van der Waals surface area contributed by atoms with Crippen LogP contribution in [0.5, 0.6) is 0 Å². The van der Waals surface area contributed by atoms with Crippen molar-refractivity contribution in [3.8, 4) is 11.3 Å². The van der Waals surface area contributed by atoms with Gasteiger partial charge in [-0.2, -0.15) is 0 Å². The van der Waals surface area contributed by atoms with Gasteiger partial charge in [-0.3, -0.25) is 4.79 Å². The van der Waals surface area contributed by atoms with Crippen LogP contribution in [0.1, 0.15) is 12.2 Å². The van der Waals surface area contributed by atoms with E-state index in [1.54, 1.807) is 6.20 Å². The van der Waals surface area contributed by atoms with E-state index in [0.717, 1.165) is 29.3 Å². The minimum absolute atomic E-state index is 0.0241. The predicted molar refractivity (Wildman–Crippen MR) is 88.1 cm³/mol. The first kappa shape index (κ1) is 15.6. The second kappa shape index (κ2) is 7.30. The molecule has 1 aliphatic rings. The third kappa shape index (κ3) is 4.34. The monoisotopic (exact) mass is 312 g/mol. The molecule has 120 valence electrons. The zero-order valence-electron chi connectivity index (χ0n) is 13.1. The number of ether oxygens (including phenoxy) is 1. The van der Waals surface area contributed by atoms with E-state index in [1.165, 1.54) is 0 Å². The topological polar surface area (TPSA) is 76.1 Å². The van der Waals surface area contributed by atoms with Crippen molar-refractivity contribution in [2.45, 2.75) is 19.4 Å². The molecule has 1 unspecified atom stereocenters. The fourth-order valence-corrected chi connectivity index (χ4v) is 2.56. The number of hydrogen-bond acceptors (Lipinski definition) is 5. The minimum atomic E-state index is -0.0241. The average Bonchev–Trinajstić information content (AvgIpc) is 2.56. The highest BCUT2D eigenvalue weighted by molar-refractivity contribution is 5.91. The van der Waals surface area contributed by atoms with Crippen LogP contribution >= 0.6 is 0 Å². The number of amides is 1. The molecule has 1 atom stereocenters. The van der Waals surface area contributed by atoms with E-state index in [4.69, 9.17) is 4.74 Å². The molecular weight excluding hydrogens is 292 g/mol. The molecule has 2 aromatic rings. The van der Waals surface area contributed by atoms with Crippen LogP contribution in [0.3, 0.4) is 0 Å². The Morgan fingerprint density at radius 2 is 2.35 bits per heavy atom. The lowest BCUT2D eigenvalue weighted by atomic mass is 10.1. The zero-order valence-corrected chi connectivity index (χ0v) is 13.1. The van der Waals surface area contributed by atoms with Gasteiger partial charge in [-0.25, -0.2) is 9.97 Å². The van der Waals surface area contributed by atoms with Crippen LogP contribution < -0.4 is 10.6 Å².